The van der Waals surface area contributed by atoms with Gasteiger partial charge in [0.15, 0.2) is 0 Å². The molecule has 0 spiro atoms. The molecule has 7 rings (SSSR count). The summed E-state index contributed by atoms with van der Waals surface area (Å²) >= 11 is 3.80. The lowest BCUT2D eigenvalue weighted by Gasteiger charge is -2.33. The van der Waals surface area contributed by atoms with Gasteiger partial charge in [-0.2, -0.15) is 0 Å². The van der Waals surface area contributed by atoms with Crippen LogP contribution in [-0.4, -0.2) is 11.7 Å². The van der Waals surface area contributed by atoms with Crippen LogP contribution in [0.1, 0.15) is 0 Å². The van der Waals surface area contributed by atoms with Crippen LogP contribution in [0.15, 0.2) is 117 Å². The SMILES string of the molecule is c1ccc2c(c1)Sc1cccc3c1B2c1cccc(-c2ccc4ccccc4n2)c1S3. The molecule has 0 aliphatic carbocycles. The summed E-state index contributed by atoms with van der Waals surface area (Å²) in [5.74, 6) is 0. The first-order valence-electron chi connectivity index (χ1n) is 10.4. The molecule has 0 fully saturated rings. The number of benzene rings is 4. The predicted octanol–water partition coefficient (Wildman–Crippen LogP) is 5.35. The normalized spacial score (nSPS) is 13.5. The van der Waals surface area contributed by atoms with Crippen molar-refractivity contribution in [3.63, 3.8) is 0 Å². The minimum atomic E-state index is 0.278. The Morgan fingerprint density at radius 3 is 2.29 bits per heavy atom. The Bertz CT molecular complexity index is 1510. The fourth-order valence-electron chi connectivity index (χ4n) is 4.82. The van der Waals surface area contributed by atoms with Crippen LogP contribution in [0.5, 0.6) is 0 Å². The van der Waals surface area contributed by atoms with Crippen molar-refractivity contribution < 1.29 is 0 Å². The minimum absolute atomic E-state index is 0.278. The number of para-hydroxylation sites is 1. The molecule has 0 unspecified atom stereocenters. The average Bonchev–Trinajstić information content (AvgIpc) is 2.83. The lowest BCUT2D eigenvalue weighted by atomic mass is 9.36. The van der Waals surface area contributed by atoms with Crippen molar-refractivity contribution in [1.29, 1.82) is 0 Å². The monoisotopic (exact) mass is 429 g/mol. The van der Waals surface area contributed by atoms with Gasteiger partial charge in [0.2, 0.25) is 6.71 Å². The standard InChI is InChI=1S/C27H16BNS2/c1-3-11-21-17(7-1)15-16-22(29-21)18-8-5-10-20-27(18)31-25-14-6-13-24-26(25)28(20)19-9-2-4-12-23(19)30-24/h1-16H. The fraction of sp³-hybridized carbons (Fsp3) is 0. The average molecular weight is 429 g/mol. The zero-order chi connectivity index (χ0) is 20.4. The van der Waals surface area contributed by atoms with Gasteiger partial charge in [0.25, 0.3) is 0 Å². The molecular formula is C27H16BNS2. The van der Waals surface area contributed by atoms with Crippen molar-refractivity contribution in [2.45, 2.75) is 19.6 Å². The molecule has 0 atom stereocenters. The highest BCUT2D eigenvalue weighted by atomic mass is 32.2. The number of pyridine rings is 1. The zero-order valence-electron chi connectivity index (χ0n) is 16.6. The Labute approximate surface area is 190 Å². The third kappa shape index (κ3) is 2.65. The Balaban J connectivity index is 1.49. The van der Waals surface area contributed by atoms with Gasteiger partial charge in [0.1, 0.15) is 0 Å². The van der Waals surface area contributed by atoms with E-state index in [1.807, 2.05) is 23.5 Å². The molecule has 5 aromatic rings. The fourth-order valence-corrected chi connectivity index (χ4v) is 7.35. The van der Waals surface area contributed by atoms with Crippen LogP contribution in [0.2, 0.25) is 0 Å². The maximum atomic E-state index is 5.02. The predicted molar refractivity (Wildman–Crippen MR) is 133 cm³/mol. The molecule has 2 aliphatic heterocycles. The molecule has 0 saturated heterocycles. The second-order valence-corrected chi connectivity index (χ2v) is 10.1. The molecule has 0 radical (unpaired) electrons. The maximum absolute atomic E-state index is 5.02. The number of fused-ring (bicyclic) bond motifs is 5. The number of nitrogens with zero attached hydrogens (tertiary/aromatic N) is 1. The molecule has 1 aromatic heterocycles. The largest absolute Gasteiger partial charge is 0.248 e. The highest BCUT2D eigenvalue weighted by Crippen LogP contribution is 2.41. The minimum Gasteiger partial charge on any atom is -0.248 e. The van der Waals surface area contributed by atoms with E-state index < -0.39 is 0 Å². The van der Waals surface area contributed by atoms with Crippen molar-refractivity contribution in [3.8, 4) is 11.3 Å². The molecule has 4 aromatic carbocycles. The summed E-state index contributed by atoms with van der Waals surface area (Å²) in [6.45, 7) is 0.278. The number of hydrogen-bond acceptors (Lipinski definition) is 3. The van der Waals surface area contributed by atoms with Crippen LogP contribution in [0.4, 0.5) is 0 Å². The molecule has 0 bridgehead atoms. The summed E-state index contributed by atoms with van der Waals surface area (Å²) in [5.41, 5.74) is 7.58. The summed E-state index contributed by atoms with van der Waals surface area (Å²) in [5, 5.41) is 1.18. The molecule has 0 saturated carbocycles. The summed E-state index contributed by atoms with van der Waals surface area (Å²) < 4.78 is 0. The van der Waals surface area contributed by atoms with Gasteiger partial charge < -0.3 is 0 Å². The lowest BCUT2D eigenvalue weighted by Crippen LogP contribution is -2.58. The number of rotatable bonds is 1. The maximum Gasteiger partial charge on any atom is 0.247 e. The van der Waals surface area contributed by atoms with Crippen molar-refractivity contribution in [3.05, 3.63) is 97.1 Å². The molecule has 0 amide bonds. The molecular weight excluding hydrogens is 413 g/mol. The van der Waals surface area contributed by atoms with Gasteiger partial charge in [-0.15, -0.1) is 0 Å². The summed E-state index contributed by atoms with van der Waals surface area (Å²) in [6, 6.07) is 35.0. The zero-order valence-corrected chi connectivity index (χ0v) is 18.2. The van der Waals surface area contributed by atoms with E-state index in [4.69, 9.17) is 4.98 Å². The number of aromatic nitrogens is 1. The first-order valence-corrected chi connectivity index (χ1v) is 12.1. The summed E-state index contributed by atoms with van der Waals surface area (Å²) in [4.78, 5) is 10.5. The second kappa shape index (κ2) is 6.78. The first-order chi connectivity index (χ1) is 15.4. The van der Waals surface area contributed by atoms with Crippen molar-refractivity contribution in [2.24, 2.45) is 0 Å². The quantitative estimate of drug-likeness (QED) is 0.327. The molecule has 0 N–H and O–H groups in total. The van der Waals surface area contributed by atoms with Gasteiger partial charge in [-0.3, -0.25) is 0 Å². The van der Waals surface area contributed by atoms with E-state index in [9.17, 15) is 0 Å². The highest BCUT2D eigenvalue weighted by Gasteiger charge is 2.38. The first kappa shape index (κ1) is 17.7. The third-order valence-corrected chi connectivity index (χ3v) is 8.61. The van der Waals surface area contributed by atoms with E-state index in [0.717, 1.165) is 11.2 Å². The summed E-state index contributed by atoms with van der Waals surface area (Å²) in [7, 11) is 0. The lowest BCUT2D eigenvalue weighted by molar-refractivity contribution is 1.31. The van der Waals surface area contributed by atoms with E-state index in [2.05, 4.69) is 97.1 Å². The third-order valence-electron chi connectivity index (χ3n) is 6.21. The van der Waals surface area contributed by atoms with E-state index >= 15 is 0 Å². The van der Waals surface area contributed by atoms with Gasteiger partial charge >= 0.3 is 0 Å². The van der Waals surface area contributed by atoms with E-state index in [0.29, 0.717) is 0 Å². The molecule has 144 valence electrons. The molecule has 4 heteroatoms. The topological polar surface area (TPSA) is 12.9 Å². The summed E-state index contributed by atoms with van der Waals surface area (Å²) in [6.07, 6.45) is 0. The van der Waals surface area contributed by atoms with Crippen molar-refractivity contribution >= 4 is 57.5 Å². The van der Waals surface area contributed by atoms with Crippen LogP contribution in [-0.2, 0) is 0 Å². The van der Waals surface area contributed by atoms with Crippen LogP contribution in [0, 0.1) is 0 Å². The highest BCUT2D eigenvalue weighted by molar-refractivity contribution is 8.01. The van der Waals surface area contributed by atoms with Gasteiger partial charge in [-0.1, -0.05) is 101 Å². The molecule has 2 aliphatic rings. The van der Waals surface area contributed by atoms with E-state index in [1.54, 1.807) is 0 Å². The van der Waals surface area contributed by atoms with Gasteiger partial charge in [0.05, 0.1) is 11.2 Å². The van der Waals surface area contributed by atoms with Crippen LogP contribution < -0.4 is 16.4 Å². The van der Waals surface area contributed by atoms with E-state index in [1.165, 1.54) is 46.9 Å². The molecule has 3 heterocycles. The second-order valence-electron chi connectivity index (χ2n) is 7.96. The van der Waals surface area contributed by atoms with Crippen LogP contribution in [0.3, 0.4) is 0 Å². The van der Waals surface area contributed by atoms with Crippen molar-refractivity contribution in [2.75, 3.05) is 0 Å². The van der Waals surface area contributed by atoms with E-state index in [-0.39, 0.29) is 6.71 Å². The number of hydrogen-bond donors (Lipinski definition) is 0. The van der Waals surface area contributed by atoms with Crippen molar-refractivity contribution in [1.82, 2.24) is 4.98 Å². The Kier molecular flexibility index (Phi) is 3.87. The Hall–Kier alpha value is -2.95. The molecule has 31 heavy (non-hydrogen) atoms. The van der Waals surface area contributed by atoms with Gasteiger partial charge in [-0.05, 0) is 35.8 Å². The van der Waals surface area contributed by atoms with Gasteiger partial charge in [-0.25, -0.2) is 4.98 Å². The Morgan fingerprint density at radius 2 is 1.32 bits per heavy atom. The van der Waals surface area contributed by atoms with Gasteiger partial charge in [0, 0.05) is 30.5 Å². The smallest absolute Gasteiger partial charge is 0.247 e. The Morgan fingerprint density at radius 1 is 0.581 bits per heavy atom. The molecule has 1 nitrogen and oxygen atoms in total. The van der Waals surface area contributed by atoms with Crippen LogP contribution >= 0.6 is 23.5 Å². The van der Waals surface area contributed by atoms with Crippen LogP contribution in [0.25, 0.3) is 22.2 Å².